The first-order valence-corrected chi connectivity index (χ1v) is 42.1. The van der Waals surface area contributed by atoms with E-state index in [-0.39, 0.29) is 10.8 Å². The molecule has 0 atom stereocenters. The van der Waals surface area contributed by atoms with E-state index in [2.05, 4.69) is 272 Å². The molecule has 3 aliphatic rings. The average Bonchev–Trinajstić information content (AvgIpc) is 1.52. The molecule has 0 N–H and O–H groups in total. The highest BCUT2D eigenvalue weighted by molar-refractivity contribution is 6.20. The van der Waals surface area contributed by atoms with E-state index in [0.29, 0.717) is 0 Å². The van der Waals surface area contributed by atoms with E-state index in [1.54, 1.807) is 16.7 Å². The lowest BCUT2D eigenvalue weighted by Crippen LogP contribution is -2.29. The molecule has 2 heterocycles. The molecule has 0 radical (unpaired) electrons. The summed E-state index contributed by atoms with van der Waals surface area (Å²) in [5.41, 5.74) is 32.2. The summed E-state index contributed by atoms with van der Waals surface area (Å²) >= 11 is 0. The number of para-hydroxylation sites is 2. The van der Waals surface area contributed by atoms with Crippen LogP contribution in [0.2, 0.25) is 0 Å². The summed E-state index contributed by atoms with van der Waals surface area (Å²) in [5.74, 6) is 0. The molecule has 3 nitrogen and oxygen atoms in total. The van der Waals surface area contributed by atoms with E-state index in [0.717, 1.165) is 57.4 Å². The van der Waals surface area contributed by atoms with Crippen LogP contribution in [-0.2, 0) is 16.2 Å². The number of fused-ring (bicyclic) bond motifs is 17. The lowest BCUT2D eigenvalue weighted by atomic mass is 9.67. The largest absolute Gasteiger partial charge is 0.456 e. The second kappa shape index (κ2) is 31.6. The zero-order valence-electron chi connectivity index (χ0n) is 65.3. The Kier molecular flexibility index (Phi) is 21.3. The van der Waals surface area contributed by atoms with Gasteiger partial charge in [-0.2, -0.15) is 0 Å². The Hall–Kier alpha value is -9.18. The van der Waals surface area contributed by atoms with Crippen LogP contribution in [0.1, 0.15) is 269 Å². The van der Waals surface area contributed by atoms with Crippen molar-refractivity contribution in [1.82, 2.24) is 0 Å². The summed E-state index contributed by atoms with van der Waals surface area (Å²) in [7, 11) is 0. The maximum absolute atomic E-state index is 7.17. The van der Waals surface area contributed by atoms with Crippen LogP contribution in [0.3, 0.4) is 0 Å². The first-order valence-electron chi connectivity index (χ1n) is 42.1. The number of hydrogen-bond acceptors (Lipinski definition) is 3. The fourth-order valence-corrected chi connectivity index (χ4v) is 20.8. The van der Waals surface area contributed by atoms with E-state index in [1.807, 2.05) is 0 Å². The molecule has 0 saturated heterocycles. The molecule has 11 aromatic carbocycles. The number of aryl methyl sites for hydroxylation is 3. The Morgan fingerprint density at radius 2 is 0.720 bits per heavy atom. The van der Waals surface area contributed by atoms with E-state index in [4.69, 9.17) is 8.83 Å². The Morgan fingerprint density at radius 3 is 1.27 bits per heavy atom. The van der Waals surface area contributed by atoms with Gasteiger partial charge >= 0.3 is 0 Å². The van der Waals surface area contributed by atoms with Crippen LogP contribution < -0.4 is 4.90 Å². The monoisotopic (exact) mass is 1410 g/mol. The molecule has 0 spiro atoms. The minimum atomic E-state index is -0.724. The van der Waals surface area contributed by atoms with Gasteiger partial charge in [0, 0.05) is 49.3 Å². The Morgan fingerprint density at radius 1 is 0.299 bits per heavy atom. The molecule has 0 fully saturated rings. The zero-order valence-corrected chi connectivity index (χ0v) is 65.3. The predicted molar refractivity (Wildman–Crippen MR) is 457 cm³/mol. The quantitative estimate of drug-likeness (QED) is 0.0377. The minimum absolute atomic E-state index is 0.121. The lowest BCUT2D eigenvalue weighted by Gasteiger charge is -2.36. The fourth-order valence-electron chi connectivity index (χ4n) is 20.8. The minimum Gasteiger partial charge on any atom is -0.456 e. The van der Waals surface area contributed by atoms with E-state index < -0.39 is 5.41 Å². The molecule has 0 bridgehead atoms. The average molecular weight is 1410 g/mol. The van der Waals surface area contributed by atoms with Crippen molar-refractivity contribution < 1.29 is 8.83 Å². The summed E-state index contributed by atoms with van der Waals surface area (Å²) in [4.78, 5) is 2.71. The molecular weight excluding hydrogens is 1300 g/mol. The zero-order chi connectivity index (χ0) is 73.1. The van der Waals surface area contributed by atoms with Gasteiger partial charge < -0.3 is 13.7 Å². The van der Waals surface area contributed by atoms with Gasteiger partial charge in [-0.3, -0.25) is 0 Å². The second-order valence-corrected chi connectivity index (χ2v) is 32.7. The van der Waals surface area contributed by atoms with Crippen LogP contribution in [0.5, 0.6) is 0 Å². The van der Waals surface area contributed by atoms with Crippen LogP contribution >= 0.6 is 0 Å². The highest BCUT2D eigenvalue weighted by atomic mass is 16.3. The van der Waals surface area contributed by atoms with E-state index in [9.17, 15) is 0 Å². The third-order valence-corrected chi connectivity index (χ3v) is 25.8. The fraction of sp³-hybridized carbons (Fsp3) is 0.365. The molecule has 0 saturated carbocycles. The van der Waals surface area contributed by atoms with Gasteiger partial charge in [0.15, 0.2) is 0 Å². The van der Waals surface area contributed by atoms with Crippen LogP contribution in [0.15, 0.2) is 227 Å². The van der Waals surface area contributed by atoms with Gasteiger partial charge in [-0.05, 0) is 202 Å². The number of unbranched alkanes of at least 4 members (excludes halogenated alkanes) is 20. The van der Waals surface area contributed by atoms with Crippen molar-refractivity contribution in [3.8, 4) is 44.5 Å². The second-order valence-electron chi connectivity index (χ2n) is 32.7. The number of anilines is 3. The topological polar surface area (TPSA) is 29.5 Å². The van der Waals surface area contributed by atoms with E-state index in [1.165, 1.54) is 272 Å². The standard InChI is InChI=1S/C104H113NO2/c1-8-12-16-20-24-41-61-102(62-42-25-21-17-13-9-2)87-59-60-95-98(82-51-37-39-53-93(82)106-95)97(87)86-71-89-85(70-90(86)102)80-57-55-78(67-88(80)103(89,63-43-26-22-18-14-10-3)64-44-27-23-19-15-11-4)105(100-73(6)65-72(5)66-74(100)7)79-56-58-81-91(68-79)104(76-47-33-29-34-48-76,77-49-35-30-36-50-77)92-69-84(75-45-31-28-32-46-75)101-99(96(81)92)83-52-38-40-54-94(83)107-101/h28-40,45-60,65-71H,8-27,41-44,61-64H2,1-7H3. The number of hydrogen-bond donors (Lipinski definition) is 0. The molecule has 107 heavy (non-hydrogen) atoms. The number of nitrogens with zero attached hydrogens (tertiary/aromatic N) is 1. The molecule has 3 aliphatic carbocycles. The Balaban J connectivity index is 0.947. The van der Waals surface area contributed by atoms with Crippen molar-refractivity contribution >= 4 is 60.9 Å². The SMILES string of the molecule is CCCCCCCCC1(CCCCCCCC)c2cc(N(c3ccc4c(c3)C(c3ccccc3)(c3ccccc3)c3cc(-c5ccccc5)c5oc6ccccc6c5c3-4)c3c(C)cc(C)cc3C)ccc2-c2cc3c(cc21)-c1c(ccc2oc4ccccc4c12)C3(CCCCCCCC)CCCCCCCC. The van der Waals surface area contributed by atoms with E-state index >= 15 is 0 Å². The Bertz CT molecular complexity index is 5200. The summed E-state index contributed by atoms with van der Waals surface area (Å²) < 4.78 is 14.1. The van der Waals surface area contributed by atoms with Crippen LogP contribution in [0, 0.1) is 20.8 Å². The number of rotatable bonds is 34. The lowest BCUT2D eigenvalue weighted by molar-refractivity contribution is 0.394. The number of furan rings is 2. The van der Waals surface area contributed by atoms with Crippen molar-refractivity contribution in [3.05, 3.63) is 280 Å². The molecule has 13 aromatic rings. The van der Waals surface area contributed by atoms with Gasteiger partial charge in [0.2, 0.25) is 0 Å². The first-order chi connectivity index (χ1) is 52.7. The summed E-state index contributed by atoms with van der Waals surface area (Å²) in [6, 6.07) is 85.1. The normalized spacial score (nSPS) is 14.1. The summed E-state index contributed by atoms with van der Waals surface area (Å²) in [6.45, 7) is 16.4. The highest BCUT2D eigenvalue weighted by Gasteiger charge is 2.51. The van der Waals surface area contributed by atoms with Crippen molar-refractivity contribution in [2.75, 3.05) is 4.90 Å². The molecule has 546 valence electrons. The smallest absolute Gasteiger partial charge is 0.143 e. The van der Waals surface area contributed by atoms with Crippen LogP contribution in [0.4, 0.5) is 17.1 Å². The molecular formula is C104H113NO2. The molecule has 3 heteroatoms. The molecule has 2 aromatic heterocycles. The first kappa shape index (κ1) is 72.0. The van der Waals surface area contributed by atoms with Gasteiger partial charge in [0.05, 0.1) is 11.1 Å². The highest BCUT2D eigenvalue weighted by Crippen LogP contribution is 2.65. The third-order valence-electron chi connectivity index (χ3n) is 25.8. The van der Waals surface area contributed by atoms with Crippen molar-refractivity contribution in [1.29, 1.82) is 0 Å². The van der Waals surface area contributed by atoms with Gasteiger partial charge in [0.1, 0.15) is 22.3 Å². The van der Waals surface area contributed by atoms with Crippen LogP contribution in [0.25, 0.3) is 88.4 Å². The molecule has 16 rings (SSSR count). The van der Waals surface area contributed by atoms with Gasteiger partial charge in [-0.1, -0.05) is 345 Å². The maximum atomic E-state index is 7.17. The van der Waals surface area contributed by atoms with Crippen molar-refractivity contribution in [3.63, 3.8) is 0 Å². The molecule has 0 aliphatic heterocycles. The summed E-state index contributed by atoms with van der Waals surface area (Å²) in [5, 5.41) is 4.88. The van der Waals surface area contributed by atoms with Gasteiger partial charge in [-0.15, -0.1) is 0 Å². The van der Waals surface area contributed by atoms with Gasteiger partial charge in [-0.25, -0.2) is 0 Å². The van der Waals surface area contributed by atoms with Crippen molar-refractivity contribution in [2.45, 2.75) is 244 Å². The Labute approximate surface area is 639 Å². The van der Waals surface area contributed by atoms with Crippen molar-refractivity contribution in [2.24, 2.45) is 0 Å². The third kappa shape index (κ3) is 12.9. The summed E-state index contributed by atoms with van der Waals surface area (Å²) in [6.07, 6.45) is 35.3. The predicted octanol–water partition coefficient (Wildman–Crippen LogP) is 31.4. The van der Waals surface area contributed by atoms with Gasteiger partial charge in [0.25, 0.3) is 0 Å². The van der Waals surface area contributed by atoms with Crippen LogP contribution in [-0.4, -0.2) is 0 Å². The number of benzene rings is 11. The molecule has 0 unspecified atom stereocenters. The molecule has 0 amide bonds. The maximum Gasteiger partial charge on any atom is 0.143 e.